The number of likely N-dealkylation sites (tertiary alicyclic amines) is 2. The van der Waals surface area contributed by atoms with E-state index in [4.69, 9.17) is 17.3 Å². The Bertz CT molecular complexity index is 1220. The molecule has 2 aromatic carbocycles. The van der Waals surface area contributed by atoms with E-state index in [2.05, 4.69) is 25.4 Å². The first-order valence-electron chi connectivity index (χ1n) is 11.9. The zero-order valence-electron chi connectivity index (χ0n) is 19.5. The lowest BCUT2D eigenvalue weighted by Gasteiger charge is -2.25. The summed E-state index contributed by atoms with van der Waals surface area (Å²) in [6, 6.07) is 13.9. The highest BCUT2D eigenvalue weighted by Crippen LogP contribution is 2.33. The number of carbonyl (C=O) groups excluding carboxylic acids is 2. The number of aromatic nitrogens is 3. The van der Waals surface area contributed by atoms with Crippen LogP contribution in [-0.2, 0) is 0 Å². The maximum Gasteiger partial charge on any atom is 0.289 e. The Hall–Kier alpha value is -3.50. The van der Waals surface area contributed by atoms with Crippen LogP contribution >= 0.6 is 11.6 Å². The molecule has 2 amide bonds. The number of carbonyl (C=O) groups is 2. The van der Waals surface area contributed by atoms with E-state index in [1.165, 1.54) is 18.2 Å². The van der Waals surface area contributed by atoms with Crippen molar-refractivity contribution in [1.82, 2.24) is 30.3 Å². The van der Waals surface area contributed by atoms with Crippen molar-refractivity contribution in [3.8, 4) is 0 Å². The Morgan fingerprint density at radius 2 is 1.83 bits per heavy atom. The van der Waals surface area contributed by atoms with E-state index in [9.17, 15) is 14.0 Å². The highest BCUT2D eigenvalue weighted by atomic mass is 35.5. The fraction of sp³-hybridized carbons (Fsp3) is 0.360. The summed E-state index contributed by atoms with van der Waals surface area (Å²) in [4.78, 5) is 33.6. The van der Waals surface area contributed by atoms with Crippen molar-refractivity contribution in [2.45, 2.75) is 12.5 Å². The Labute approximate surface area is 212 Å². The molecule has 3 atom stereocenters. The van der Waals surface area contributed by atoms with Crippen molar-refractivity contribution in [3.63, 3.8) is 0 Å². The normalized spacial score (nSPS) is 20.3. The molecule has 188 valence electrons. The molecular weight excluding hydrogens is 485 g/mol. The second-order valence-corrected chi connectivity index (χ2v) is 9.76. The van der Waals surface area contributed by atoms with E-state index in [0.717, 1.165) is 25.2 Å². The number of fused-ring (bicyclic) bond motifs is 1. The standard InChI is InChI=1S/C25H27ClFN7O2/c26-18-7-4-8-19(27)21(18)24(36)34-13-16-11-33(12-17(16)14-34)10-9-20(15-5-2-1-3-6-15)29-23(35)22-30-25(28)32-31-22/h1-8,16-17,20H,9-14H2,(H,29,35)(H3,28,30,31,32)/t16-,17?,20?/m0/s1. The number of halogens is 2. The van der Waals surface area contributed by atoms with Gasteiger partial charge < -0.3 is 20.9 Å². The molecule has 2 aliphatic rings. The third-order valence-corrected chi connectivity index (χ3v) is 7.30. The largest absolute Gasteiger partial charge is 0.366 e. The zero-order valence-corrected chi connectivity index (χ0v) is 20.3. The van der Waals surface area contributed by atoms with Crippen molar-refractivity contribution < 1.29 is 14.0 Å². The third-order valence-electron chi connectivity index (χ3n) is 6.98. The van der Waals surface area contributed by atoms with E-state index >= 15 is 0 Å². The van der Waals surface area contributed by atoms with Crippen LogP contribution < -0.4 is 11.1 Å². The van der Waals surface area contributed by atoms with Crippen LogP contribution in [0.3, 0.4) is 0 Å². The van der Waals surface area contributed by atoms with E-state index in [0.29, 0.717) is 31.3 Å². The molecule has 0 bridgehead atoms. The molecule has 4 N–H and O–H groups in total. The molecule has 0 aliphatic carbocycles. The number of nitrogens with one attached hydrogen (secondary N) is 2. The van der Waals surface area contributed by atoms with Crippen LogP contribution in [0.15, 0.2) is 48.5 Å². The smallest absolute Gasteiger partial charge is 0.289 e. The first-order chi connectivity index (χ1) is 17.4. The number of H-pyrrole nitrogens is 1. The van der Waals surface area contributed by atoms with Gasteiger partial charge in [0.2, 0.25) is 11.8 Å². The van der Waals surface area contributed by atoms with Gasteiger partial charge in [-0.15, -0.1) is 5.10 Å². The number of hydrogen-bond donors (Lipinski definition) is 3. The Balaban J connectivity index is 1.19. The lowest BCUT2D eigenvalue weighted by Crippen LogP contribution is -2.35. The third kappa shape index (κ3) is 5.05. The van der Waals surface area contributed by atoms with Crippen molar-refractivity contribution in [1.29, 1.82) is 0 Å². The number of anilines is 1. The number of hydrogen-bond acceptors (Lipinski definition) is 6. The predicted molar refractivity (Wildman–Crippen MR) is 133 cm³/mol. The average Bonchev–Trinajstić information content (AvgIpc) is 3.57. The van der Waals surface area contributed by atoms with Gasteiger partial charge in [0, 0.05) is 32.7 Å². The van der Waals surface area contributed by atoms with Crippen molar-refractivity contribution in [2.75, 3.05) is 38.5 Å². The van der Waals surface area contributed by atoms with Crippen LogP contribution in [0.2, 0.25) is 5.02 Å². The minimum Gasteiger partial charge on any atom is -0.366 e. The van der Waals surface area contributed by atoms with Gasteiger partial charge in [-0.3, -0.25) is 14.7 Å². The van der Waals surface area contributed by atoms with Crippen LogP contribution in [0.1, 0.15) is 39.0 Å². The Kier molecular flexibility index (Phi) is 6.88. The maximum absolute atomic E-state index is 14.2. The highest BCUT2D eigenvalue weighted by molar-refractivity contribution is 6.33. The van der Waals surface area contributed by atoms with Gasteiger partial charge in [0.15, 0.2) is 0 Å². The molecule has 2 saturated heterocycles. The lowest BCUT2D eigenvalue weighted by molar-refractivity contribution is 0.0769. The second-order valence-electron chi connectivity index (χ2n) is 9.35. The van der Waals surface area contributed by atoms with Gasteiger partial charge in [-0.1, -0.05) is 48.0 Å². The molecule has 3 heterocycles. The number of nitrogens with two attached hydrogens (primary N) is 1. The molecule has 1 aromatic heterocycles. The summed E-state index contributed by atoms with van der Waals surface area (Å²) in [6.07, 6.45) is 0.701. The minimum absolute atomic E-state index is 0.0183. The van der Waals surface area contributed by atoms with Crippen molar-refractivity contribution in [2.24, 2.45) is 11.8 Å². The Morgan fingerprint density at radius 1 is 1.11 bits per heavy atom. The molecule has 11 heteroatoms. The summed E-state index contributed by atoms with van der Waals surface area (Å²) in [5.74, 6) is -0.573. The first-order valence-corrected chi connectivity index (χ1v) is 12.3. The summed E-state index contributed by atoms with van der Waals surface area (Å²) in [5.41, 5.74) is 6.48. The molecule has 0 saturated carbocycles. The quantitative estimate of drug-likeness (QED) is 0.448. The van der Waals surface area contributed by atoms with Crippen LogP contribution in [0.4, 0.5) is 10.3 Å². The number of benzene rings is 2. The maximum atomic E-state index is 14.2. The van der Waals surface area contributed by atoms with Gasteiger partial charge in [0.05, 0.1) is 16.6 Å². The van der Waals surface area contributed by atoms with Crippen LogP contribution in [0.5, 0.6) is 0 Å². The summed E-state index contributed by atoms with van der Waals surface area (Å²) in [5, 5.41) is 9.44. The van der Waals surface area contributed by atoms with Crippen LogP contribution in [-0.4, -0.2) is 69.5 Å². The number of rotatable bonds is 7. The van der Waals surface area contributed by atoms with Gasteiger partial charge in [-0.25, -0.2) is 4.39 Å². The minimum atomic E-state index is -0.590. The molecule has 2 fully saturated rings. The molecule has 9 nitrogen and oxygen atoms in total. The number of aromatic amines is 1. The Morgan fingerprint density at radius 3 is 2.47 bits per heavy atom. The van der Waals surface area contributed by atoms with Gasteiger partial charge in [0.1, 0.15) is 5.82 Å². The van der Waals surface area contributed by atoms with E-state index < -0.39 is 5.82 Å². The van der Waals surface area contributed by atoms with Gasteiger partial charge in [-0.2, -0.15) is 4.98 Å². The summed E-state index contributed by atoms with van der Waals surface area (Å²) >= 11 is 6.10. The van der Waals surface area contributed by atoms with E-state index in [1.54, 1.807) is 4.90 Å². The zero-order chi connectivity index (χ0) is 25.2. The topological polar surface area (TPSA) is 120 Å². The summed E-state index contributed by atoms with van der Waals surface area (Å²) < 4.78 is 14.2. The molecular formula is C25H27ClFN7O2. The monoisotopic (exact) mass is 511 g/mol. The van der Waals surface area contributed by atoms with Gasteiger partial charge >= 0.3 is 0 Å². The average molecular weight is 512 g/mol. The molecule has 5 rings (SSSR count). The number of nitrogens with zero attached hydrogens (tertiary/aromatic N) is 4. The molecule has 0 radical (unpaired) electrons. The molecule has 36 heavy (non-hydrogen) atoms. The SMILES string of the molecule is Nc1n[nH]c(C(=O)NC(CCN2CC3CN(C(=O)c4c(F)cccc4Cl)C[C@@H]3C2)c2ccccc2)n1. The van der Waals surface area contributed by atoms with Crippen LogP contribution in [0.25, 0.3) is 0 Å². The number of nitrogen functional groups attached to an aromatic ring is 1. The van der Waals surface area contributed by atoms with E-state index in [-0.39, 0.29) is 40.2 Å². The lowest BCUT2D eigenvalue weighted by atomic mass is 10.0. The summed E-state index contributed by atoms with van der Waals surface area (Å²) in [6.45, 7) is 3.62. The fourth-order valence-corrected chi connectivity index (χ4v) is 5.46. The molecule has 2 unspecified atom stereocenters. The number of amides is 2. The molecule has 2 aliphatic heterocycles. The summed E-state index contributed by atoms with van der Waals surface area (Å²) in [7, 11) is 0. The van der Waals surface area contributed by atoms with Gasteiger partial charge in [-0.05, 0) is 36.0 Å². The first kappa shape index (κ1) is 24.2. The molecule has 3 aromatic rings. The van der Waals surface area contributed by atoms with Crippen molar-refractivity contribution in [3.05, 3.63) is 76.3 Å². The van der Waals surface area contributed by atoms with E-state index in [1.807, 2.05) is 30.3 Å². The van der Waals surface area contributed by atoms with Crippen LogP contribution in [0, 0.1) is 17.7 Å². The predicted octanol–water partition coefficient (Wildman–Crippen LogP) is 2.74. The fourth-order valence-electron chi connectivity index (χ4n) is 5.22. The molecule has 0 spiro atoms. The van der Waals surface area contributed by atoms with Gasteiger partial charge in [0.25, 0.3) is 11.8 Å². The highest BCUT2D eigenvalue weighted by Gasteiger charge is 2.42. The van der Waals surface area contributed by atoms with Crippen molar-refractivity contribution >= 4 is 29.4 Å². The second kappa shape index (κ2) is 10.2.